The van der Waals surface area contributed by atoms with Crippen LogP contribution in [0.2, 0.25) is 5.02 Å². The Morgan fingerprint density at radius 3 is 2.77 bits per heavy atom. The summed E-state index contributed by atoms with van der Waals surface area (Å²) in [5.74, 6) is -1.21. The van der Waals surface area contributed by atoms with Crippen LogP contribution in [0.25, 0.3) is 0 Å². The maximum atomic E-state index is 12.5. The van der Waals surface area contributed by atoms with Crippen molar-refractivity contribution in [2.75, 3.05) is 5.32 Å². The lowest BCUT2D eigenvalue weighted by molar-refractivity contribution is -0.123. The summed E-state index contributed by atoms with van der Waals surface area (Å²) in [5.41, 5.74) is 3.29. The van der Waals surface area contributed by atoms with Crippen molar-refractivity contribution in [3.8, 4) is 5.75 Å². The number of carbonyl (C=O) groups excluding carboxylic acids is 2. The molecule has 0 bridgehead atoms. The van der Waals surface area contributed by atoms with E-state index in [2.05, 4.69) is 30.9 Å². The quantitative estimate of drug-likeness (QED) is 0.459. The SMILES string of the molecule is O=C(C[C@H]1N=C(N/N=C\c2ccccc2Cl)NC1=O)Nc1ccccc1OC(F)F. The Labute approximate surface area is 175 Å². The van der Waals surface area contributed by atoms with Gasteiger partial charge in [0.25, 0.3) is 5.91 Å². The first kappa shape index (κ1) is 21.2. The fourth-order valence-electron chi connectivity index (χ4n) is 2.53. The average molecular weight is 436 g/mol. The smallest absolute Gasteiger partial charge is 0.387 e. The van der Waals surface area contributed by atoms with Gasteiger partial charge in [-0.2, -0.15) is 13.9 Å². The lowest BCUT2D eigenvalue weighted by Crippen LogP contribution is -2.35. The van der Waals surface area contributed by atoms with Crippen molar-refractivity contribution in [3.05, 3.63) is 59.1 Å². The average Bonchev–Trinajstić information content (AvgIpc) is 3.03. The van der Waals surface area contributed by atoms with Crippen molar-refractivity contribution in [2.45, 2.75) is 19.1 Å². The Kier molecular flexibility index (Phi) is 6.91. The minimum absolute atomic E-state index is 0.0628. The van der Waals surface area contributed by atoms with Crippen molar-refractivity contribution < 1.29 is 23.1 Å². The van der Waals surface area contributed by atoms with Gasteiger partial charge in [-0.3, -0.25) is 14.9 Å². The summed E-state index contributed by atoms with van der Waals surface area (Å²) >= 11 is 6.01. The van der Waals surface area contributed by atoms with Crippen LogP contribution < -0.4 is 20.8 Å². The van der Waals surface area contributed by atoms with Gasteiger partial charge in [0.15, 0.2) is 0 Å². The van der Waals surface area contributed by atoms with E-state index in [4.69, 9.17) is 11.6 Å². The van der Waals surface area contributed by atoms with Gasteiger partial charge in [0.05, 0.1) is 18.3 Å². The van der Waals surface area contributed by atoms with E-state index in [0.29, 0.717) is 10.6 Å². The van der Waals surface area contributed by atoms with Gasteiger partial charge < -0.3 is 10.1 Å². The molecule has 0 radical (unpaired) electrons. The maximum absolute atomic E-state index is 12.5. The fraction of sp³-hybridized carbons (Fsp3) is 0.158. The number of anilines is 1. The molecule has 1 aliphatic rings. The lowest BCUT2D eigenvalue weighted by atomic mass is 10.2. The van der Waals surface area contributed by atoms with Gasteiger partial charge in [-0.25, -0.2) is 10.4 Å². The molecule has 0 aromatic heterocycles. The highest BCUT2D eigenvalue weighted by Crippen LogP contribution is 2.25. The molecule has 11 heteroatoms. The van der Waals surface area contributed by atoms with Crippen molar-refractivity contribution in [2.24, 2.45) is 10.1 Å². The first-order valence-electron chi connectivity index (χ1n) is 8.68. The number of aliphatic imine (C=N–C) groups is 1. The molecule has 0 spiro atoms. The van der Waals surface area contributed by atoms with Crippen LogP contribution in [-0.2, 0) is 9.59 Å². The number of carbonyl (C=O) groups is 2. The van der Waals surface area contributed by atoms with E-state index in [1.54, 1.807) is 30.3 Å². The van der Waals surface area contributed by atoms with Crippen LogP contribution in [0.5, 0.6) is 5.75 Å². The minimum atomic E-state index is -3.03. The van der Waals surface area contributed by atoms with Crippen molar-refractivity contribution >= 4 is 41.3 Å². The highest BCUT2D eigenvalue weighted by molar-refractivity contribution is 6.33. The van der Waals surface area contributed by atoms with Gasteiger partial charge in [0, 0.05) is 10.6 Å². The molecule has 30 heavy (non-hydrogen) atoms. The maximum Gasteiger partial charge on any atom is 0.387 e. The van der Waals surface area contributed by atoms with Crippen LogP contribution in [0.4, 0.5) is 14.5 Å². The van der Waals surface area contributed by atoms with Crippen molar-refractivity contribution in [1.29, 1.82) is 0 Å². The van der Waals surface area contributed by atoms with Crippen LogP contribution in [0.1, 0.15) is 12.0 Å². The minimum Gasteiger partial charge on any atom is -0.433 e. The van der Waals surface area contributed by atoms with Gasteiger partial charge in [0.2, 0.25) is 11.9 Å². The molecule has 156 valence electrons. The monoisotopic (exact) mass is 435 g/mol. The Hall–Kier alpha value is -3.53. The zero-order chi connectivity index (χ0) is 21.5. The normalized spacial score (nSPS) is 15.8. The van der Waals surface area contributed by atoms with E-state index in [1.165, 1.54) is 24.4 Å². The van der Waals surface area contributed by atoms with E-state index in [0.717, 1.165) is 0 Å². The van der Waals surface area contributed by atoms with Crippen molar-refractivity contribution in [1.82, 2.24) is 10.7 Å². The van der Waals surface area contributed by atoms with E-state index < -0.39 is 24.5 Å². The summed E-state index contributed by atoms with van der Waals surface area (Å²) in [6.45, 7) is -3.03. The first-order chi connectivity index (χ1) is 14.4. The van der Waals surface area contributed by atoms with Crippen molar-refractivity contribution in [3.63, 3.8) is 0 Å². The summed E-state index contributed by atoms with van der Waals surface area (Å²) in [7, 11) is 0. The molecule has 0 fully saturated rings. The molecule has 1 heterocycles. The fourth-order valence-corrected chi connectivity index (χ4v) is 2.71. The van der Waals surface area contributed by atoms with Crippen LogP contribution in [-0.4, -0.2) is 36.6 Å². The molecule has 1 atom stereocenters. The number of benzene rings is 2. The second-order valence-corrected chi connectivity index (χ2v) is 6.41. The predicted octanol–water partition coefficient (Wildman–Crippen LogP) is 2.75. The molecule has 2 aromatic carbocycles. The Balaban J connectivity index is 1.58. The predicted molar refractivity (Wildman–Crippen MR) is 108 cm³/mol. The third kappa shape index (κ3) is 5.74. The Morgan fingerprint density at radius 1 is 1.27 bits per heavy atom. The van der Waals surface area contributed by atoms with E-state index in [9.17, 15) is 18.4 Å². The number of nitrogens with zero attached hydrogens (tertiary/aromatic N) is 2. The summed E-state index contributed by atoms with van der Waals surface area (Å²) in [6, 6.07) is 11.8. The van der Waals surface area contributed by atoms with Gasteiger partial charge in [-0.05, 0) is 18.2 Å². The van der Waals surface area contributed by atoms with Gasteiger partial charge in [-0.1, -0.05) is 41.9 Å². The number of hydrazone groups is 1. The number of hydrogen-bond acceptors (Lipinski definition) is 6. The first-order valence-corrected chi connectivity index (χ1v) is 9.06. The largest absolute Gasteiger partial charge is 0.433 e. The number of para-hydroxylation sites is 2. The Morgan fingerprint density at radius 2 is 2.00 bits per heavy atom. The van der Waals surface area contributed by atoms with Crippen LogP contribution in [0, 0.1) is 0 Å². The summed E-state index contributed by atoms with van der Waals surface area (Å²) in [5, 5.41) is 9.35. The molecule has 2 aromatic rings. The lowest BCUT2D eigenvalue weighted by Gasteiger charge is -2.12. The number of nitrogens with one attached hydrogen (secondary N) is 3. The van der Waals surface area contributed by atoms with E-state index in [1.807, 2.05) is 0 Å². The molecule has 0 unspecified atom stereocenters. The molecule has 2 amide bonds. The summed E-state index contributed by atoms with van der Waals surface area (Å²) in [4.78, 5) is 28.3. The Bertz CT molecular complexity index is 1000. The van der Waals surface area contributed by atoms with Crippen LogP contribution >= 0.6 is 11.6 Å². The number of hydrogen-bond donors (Lipinski definition) is 3. The number of halogens is 3. The number of ether oxygens (including phenoxy) is 1. The second kappa shape index (κ2) is 9.79. The van der Waals surface area contributed by atoms with Gasteiger partial charge in [-0.15, -0.1) is 0 Å². The second-order valence-electron chi connectivity index (χ2n) is 6.00. The highest BCUT2D eigenvalue weighted by atomic mass is 35.5. The third-order valence-electron chi connectivity index (χ3n) is 3.86. The number of guanidine groups is 1. The molecule has 0 saturated carbocycles. The van der Waals surface area contributed by atoms with E-state index in [-0.39, 0.29) is 23.8 Å². The molecule has 0 aliphatic carbocycles. The molecule has 3 N–H and O–H groups in total. The zero-order valence-electron chi connectivity index (χ0n) is 15.3. The van der Waals surface area contributed by atoms with Gasteiger partial charge >= 0.3 is 6.61 Å². The van der Waals surface area contributed by atoms with Crippen LogP contribution in [0.15, 0.2) is 58.6 Å². The molecule has 8 nitrogen and oxygen atoms in total. The highest BCUT2D eigenvalue weighted by Gasteiger charge is 2.28. The van der Waals surface area contributed by atoms with E-state index >= 15 is 0 Å². The summed E-state index contributed by atoms with van der Waals surface area (Å²) in [6.07, 6.45) is 1.16. The molecule has 3 rings (SSSR count). The third-order valence-corrected chi connectivity index (χ3v) is 4.21. The molecule has 0 saturated heterocycles. The topological polar surface area (TPSA) is 104 Å². The number of rotatable bonds is 7. The zero-order valence-corrected chi connectivity index (χ0v) is 16.1. The molecular weight excluding hydrogens is 420 g/mol. The molecular formula is C19H16ClF2N5O3. The number of alkyl halides is 2. The summed E-state index contributed by atoms with van der Waals surface area (Å²) < 4.78 is 29.3. The van der Waals surface area contributed by atoms with Crippen LogP contribution in [0.3, 0.4) is 0 Å². The standard InChI is InChI=1S/C19H16ClF2N5O3/c20-12-6-2-1-5-11(12)10-23-27-19-25-14(17(29)26-19)9-16(28)24-13-7-3-4-8-15(13)30-18(21)22/h1-8,10,14,18H,9H2,(H,24,28)(H2,25,26,27,29)/b23-10-/t14-/m1/s1. The number of amides is 2. The molecule has 1 aliphatic heterocycles. The van der Waals surface area contributed by atoms with Gasteiger partial charge in [0.1, 0.15) is 11.8 Å².